The Morgan fingerprint density at radius 3 is 2.76 bits per heavy atom. The van der Waals surface area contributed by atoms with Gasteiger partial charge in [0, 0.05) is 18.4 Å². The molecule has 0 aliphatic carbocycles. The van der Waals surface area contributed by atoms with Crippen LogP contribution in [-0.2, 0) is 25.9 Å². The van der Waals surface area contributed by atoms with Crippen molar-refractivity contribution >= 4 is 32.7 Å². The first-order valence-electron chi connectivity index (χ1n) is 9.49. The van der Waals surface area contributed by atoms with Crippen LogP contribution in [-0.4, -0.2) is 74.1 Å². The van der Waals surface area contributed by atoms with Crippen molar-refractivity contribution in [3.05, 3.63) is 23.8 Å². The first-order valence-corrected chi connectivity index (χ1v) is 12.2. The van der Waals surface area contributed by atoms with Gasteiger partial charge < -0.3 is 19.1 Å². The van der Waals surface area contributed by atoms with Crippen molar-refractivity contribution in [1.82, 2.24) is 4.90 Å². The van der Waals surface area contributed by atoms with E-state index in [1.165, 1.54) is 11.8 Å². The summed E-state index contributed by atoms with van der Waals surface area (Å²) in [6, 6.07) is 5.38. The number of nitrogens with zero attached hydrogens (tertiary/aromatic N) is 2. The lowest BCUT2D eigenvalue weighted by atomic mass is 10.1. The minimum Gasteiger partial charge on any atom is -0.493 e. The molecular formula is C19H24N2O6S2. The van der Waals surface area contributed by atoms with Crippen molar-refractivity contribution < 1.29 is 27.4 Å². The van der Waals surface area contributed by atoms with Crippen molar-refractivity contribution in [2.45, 2.75) is 36.8 Å². The Balaban J connectivity index is 1.61. The summed E-state index contributed by atoms with van der Waals surface area (Å²) in [6.45, 7) is 1.01. The average molecular weight is 441 g/mol. The van der Waals surface area contributed by atoms with Crippen molar-refractivity contribution in [2.24, 2.45) is 4.99 Å². The number of carbonyl (C=O) groups excluding carboxylic acids is 1. The second-order valence-corrected chi connectivity index (χ2v) is 10.7. The van der Waals surface area contributed by atoms with Gasteiger partial charge in [-0.2, -0.15) is 4.99 Å². The predicted octanol–water partition coefficient (Wildman–Crippen LogP) is 1.48. The number of ether oxygens (including phenoxy) is 3. The SMILES string of the molecule is COc1ccc(CN2C(=NC(=O)[C@H]3CCCO3)S[C@@H]3CS(=O)(=O)C[C@@H]32)cc1OC. The molecule has 3 saturated heterocycles. The van der Waals surface area contributed by atoms with Crippen molar-refractivity contribution in [2.75, 3.05) is 32.3 Å². The van der Waals surface area contributed by atoms with Gasteiger partial charge in [0.1, 0.15) is 6.10 Å². The lowest BCUT2D eigenvalue weighted by molar-refractivity contribution is -0.126. The number of amides is 1. The number of fused-ring (bicyclic) bond motifs is 1. The molecule has 3 fully saturated rings. The zero-order valence-corrected chi connectivity index (χ0v) is 18.0. The van der Waals surface area contributed by atoms with Crippen LogP contribution < -0.4 is 9.47 Å². The lowest BCUT2D eigenvalue weighted by Crippen LogP contribution is -2.37. The van der Waals surface area contributed by atoms with Crippen LogP contribution in [0.1, 0.15) is 18.4 Å². The Morgan fingerprint density at radius 1 is 1.28 bits per heavy atom. The molecule has 0 spiro atoms. The number of sulfone groups is 1. The molecule has 10 heteroatoms. The number of aliphatic imine (C=N–C) groups is 1. The van der Waals surface area contributed by atoms with Gasteiger partial charge in [-0.1, -0.05) is 17.8 Å². The van der Waals surface area contributed by atoms with Crippen LogP contribution in [0.15, 0.2) is 23.2 Å². The first-order chi connectivity index (χ1) is 13.9. The predicted molar refractivity (Wildman–Crippen MR) is 110 cm³/mol. The van der Waals surface area contributed by atoms with Gasteiger partial charge in [-0.15, -0.1) is 0 Å². The molecule has 0 saturated carbocycles. The molecule has 0 bridgehead atoms. The third kappa shape index (κ3) is 4.24. The van der Waals surface area contributed by atoms with Crippen LogP contribution >= 0.6 is 11.8 Å². The van der Waals surface area contributed by atoms with Crippen LogP contribution in [0.25, 0.3) is 0 Å². The number of carbonyl (C=O) groups is 1. The molecule has 3 aliphatic rings. The van der Waals surface area contributed by atoms with E-state index in [4.69, 9.17) is 14.2 Å². The molecule has 29 heavy (non-hydrogen) atoms. The van der Waals surface area contributed by atoms with Crippen LogP contribution in [0, 0.1) is 0 Å². The Labute approximate surface area is 174 Å². The van der Waals surface area contributed by atoms with E-state index in [2.05, 4.69) is 4.99 Å². The zero-order valence-electron chi connectivity index (χ0n) is 16.4. The van der Waals surface area contributed by atoms with E-state index in [1.807, 2.05) is 23.1 Å². The molecule has 0 aromatic heterocycles. The number of methoxy groups -OCH3 is 2. The molecule has 0 N–H and O–H groups in total. The van der Waals surface area contributed by atoms with Gasteiger partial charge in [-0.3, -0.25) is 4.79 Å². The van der Waals surface area contributed by atoms with E-state index in [9.17, 15) is 13.2 Å². The molecule has 8 nitrogen and oxygen atoms in total. The summed E-state index contributed by atoms with van der Waals surface area (Å²) < 4.78 is 40.4. The highest BCUT2D eigenvalue weighted by Crippen LogP contribution is 2.40. The lowest BCUT2D eigenvalue weighted by Gasteiger charge is -2.25. The van der Waals surface area contributed by atoms with E-state index >= 15 is 0 Å². The van der Waals surface area contributed by atoms with Gasteiger partial charge in [0.05, 0.1) is 31.8 Å². The van der Waals surface area contributed by atoms with E-state index in [-0.39, 0.29) is 28.7 Å². The molecule has 0 radical (unpaired) electrons. The van der Waals surface area contributed by atoms with E-state index in [0.717, 1.165) is 12.0 Å². The van der Waals surface area contributed by atoms with E-state index in [1.54, 1.807) is 14.2 Å². The Kier molecular flexibility index (Phi) is 5.76. The largest absolute Gasteiger partial charge is 0.493 e. The van der Waals surface area contributed by atoms with Gasteiger partial charge >= 0.3 is 0 Å². The Bertz CT molecular complexity index is 927. The summed E-state index contributed by atoms with van der Waals surface area (Å²) in [6.07, 6.45) is 1.04. The number of hydrogen-bond acceptors (Lipinski definition) is 7. The molecule has 3 heterocycles. The second-order valence-electron chi connectivity index (χ2n) is 7.35. The highest BCUT2D eigenvalue weighted by atomic mass is 32.2. The van der Waals surface area contributed by atoms with Gasteiger partial charge in [-0.05, 0) is 30.5 Å². The topological polar surface area (TPSA) is 94.5 Å². The molecule has 1 amide bonds. The van der Waals surface area contributed by atoms with E-state index in [0.29, 0.717) is 36.2 Å². The van der Waals surface area contributed by atoms with Gasteiger partial charge in [0.2, 0.25) is 0 Å². The minimum absolute atomic E-state index is 0.0745. The maximum Gasteiger partial charge on any atom is 0.277 e. The minimum atomic E-state index is -3.09. The second kappa shape index (κ2) is 8.16. The molecule has 1 aromatic rings. The molecule has 3 atom stereocenters. The molecule has 1 aromatic carbocycles. The first kappa shape index (κ1) is 20.5. The quantitative estimate of drug-likeness (QED) is 0.680. The summed E-state index contributed by atoms with van der Waals surface area (Å²) in [5.74, 6) is 1.12. The molecule has 0 unspecified atom stereocenters. The standard InChI is InChI=1S/C19H24N2O6S2/c1-25-14-6-5-12(8-16(14)26-2)9-21-13-10-29(23,24)11-17(13)28-19(21)20-18(22)15-4-3-7-27-15/h5-6,8,13,15,17H,3-4,7,9-11H2,1-2H3/t13-,15+,17+/m0/s1. The van der Waals surface area contributed by atoms with Gasteiger partial charge in [0.25, 0.3) is 5.91 Å². The maximum atomic E-state index is 12.5. The fourth-order valence-corrected chi connectivity index (χ4v) is 7.89. The smallest absolute Gasteiger partial charge is 0.277 e. The van der Waals surface area contributed by atoms with Crippen LogP contribution in [0.2, 0.25) is 0 Å². The number of thioether (sulfide) groups is 1. The number of rotatable bonds is 5. The van der Waals surface area contributed by atoms with Gasteiger partial charge in [-0.25, -0.2) is 8.42 Å². The highest BCUT2D eigenvalue weighted by molar-refractivity contribution is 8.15. The van der Waals surface area contributed by atoms with Crippen molar-refractivity contribution in [1.29, 1.82) is 0 Å². The molecule has 3 aliphatic heterocycles. The average Bonchev–Trinajstić information content (AvgIpc) is 3.39. The Morgan fingerprint density at radius 2 is 2.07 bits per heavy atom. The van der Waals surface area contributed by atoms with Crippen LogP contribution in [0.4, 0.5) is 0 Å². The Hall–Kier alpha value is -1.78. The molecular weight excluding hydrogens is 416 g/mol. The van der Waals surface area contributed by atoms with E-state index < -0.39 is 15.9 Å². The molecule has 158 valence electrons. The molecule has 4 rings (SSSR count). The van der Waals surface area contributed by atoms with Gasteiger partial charge in [0.15, 0.2) is 26.5 Å². The van der Waals surface area contributed by atoms with Crippen molar-refractivity contribution in [3.8, 4) is 11.5 Å². The maximum absolute atomic E-state index is 12.5. The summed E-state index contributed by atoms with van der Waals surface area (Å²) in [5.41, 5.74) is 0.922. The normalized spacial score (nSPS) is 29.2. The van der Waals surface area contributed by atoms with Crippen LogP contribution in [0.3, 0.4) is 0 Å². The fraction of sp³-hybridized carbons (Fsp3) is 0.579. The summed E-state index contributed by atoms with van der Waals surface area (Å²) in [4.78, 5) is 18.8. The highest BCUT2D eigenvalue weighted by Gasteiger charge is 2.49. The summed E-state index contributed by atoms with van der Waals surface area (Å²) >= 11 is 1.38. The van der Waals surface area contributed by atoms with Crippen molar-refractivity contribution in [3.63, 3.8) is 0 Å². The monoisotopic (exact) mass is 440 g/mol. The third-order valence-electron chi connectivity index (χ3n) is 5.39. The number of amidine groups is 1. The zero-order chi connectivity index (χ0) is 20.6. The summed E-state index contributed by atoms with van der Waals surface area (Å²) in [7, 11) is 0.0495. The van der Waals surface area contributed by atoms with Crippen LogP contribution in [0.5, 0.6) is 11.5 Å². The number of hydrogen-bond donors (Lipinski definition) is 0. The third-order valence-corrected chi connectivity index (χ3v) is 8.63. The fourth-order valence-electron chi connectivity index (χ4n) is 3.93. The summed E-state index contributed by atoms with van der Waals surface area (Å²) in [5, 5.41) is 0.460. The number of benzene rings is 1.